The fourth-order valence-corrected chi connectivity index (χ4v) is 3.66. The van der Waals surface area contributed by atoms with Gasteiger partial charge in [0.05, 0.1) is 18.3 Å². The number of nitrogens with one attached hydrogen (secondary N) is 1. The van der Waals surface area contributed by atoms with Crippen molar-refractivity contribution in [1.82, 2.24) is 9.80 Å². The number of benzene rings is 2. The summed E-state index contributed by atoms with van der Waals surface area (Å²) in [6, 6.07) is 13.9. The first-order valence-corrected chi connectivity index (χ1v) is 10.2. The lowest BCUT2D eigenvalue weighted by Gasteiger charge is -2.39. The molecule has 6 nitrogen and oxygen atoms in total. The SMILES string of the molecule is Cc1ccc(NC(=O)CN(C)C(=O)[C@@H](C)N2CCN(c3ccccc3F)CC2)cc1. The van der Waals surface area contributed by atoms with Crippen molar-refractivity contribution in [3.63, 3.8) is 0 Å². The molecule has 30 heavy (non-hydrogen) atoms. The number of nitrogens with zero attached hydrogens (tertiary/aromatic N) is 3. The fourth-order valence-electron chi connectivity index (χ4n) is 3.66. The summed E-state index contributed by atoms with van der Waals surface area (Å²) in [6.45, 7) is 6.44. The molecule has 0 spiro atoms. The Balaban J connectivity index is 1.49. The molecule has 0 aromatic heterocycles. The minimum Gasteiger partial charge on any atom is -0.367 e. The number of amides is 2. The molecule has 2 aromatic rings. The summed E-state index contributed by atoms with van der Waals surface area (Å²) in [5.41, 5.74) is 2.43. The van der Waals surface area contributed by atoms with Crippen LogP contribution in [0.25, 0.3) is 0 Å². The molecule has 7 heteroatoms. The van der Waals surface area contributed by atoms with E-state index in [0.29, 0.717) is 37.6 Å². The van der Waals surface area contributed by atoms with Crippen molar-refractivity contribution in [1.29, 1.82) is 0 Å². The van der Waals surface area contributed by atoms with Gasteiger partial charge in [-0.25, -0.2) is 4.39 Å². The number of hydrogen-bond donors (Lipinski definition) is 1. The molecule has 2 amide bonds. The van der Waals surface area contributed by atoms with Gasteiger partial charge in [-0.05, 0) is 38.1 Å². The first kappa shape index (κ1) is 21.8. The Bertz CT molecular complexity index is 879. The van der Waals surface area contributed by atoms with Crippen molar-refractivity contribution in [2.45, 2.75) is 19.9 Å². The number of anilines is 2. The van der Waals surface area contributed by atoms with Gasteiger partial charge < -0.3 is 15.1 Å². The number of hydrogen-bond acceptors (Lipinski definition) is 4. The molecule has 1 heterocycles. The molecule has 1 aliphatic rings. The Kier molecular flexibility index (Phi) is 7.05. The Hall–Kier alpha value is -2.93. The lowest BCUT2D eigenvalue weighted by Crippen LogP contribution is -2.54. The van der Waals surface area contributed by atoms with Gasteiger partial charge in [0.15, 0.2) is 0 Å². The molecule has 0 unspecified atom stereocenters. The number of halogens is 1. The quantitative estimate of drug-likeness (QED) is 0.793. The van der Waals surface area contributed by atoms with Gasteiger partial charge in [0.1, 0.15) is 5.82 Å². The van der Waals surface area contributed by atoms with E-state index in [2.05, 4.69) is 10.2 Å². The number of rotatable bonds is 6. The summed E-state index contributed by atoms with van der Waals surface area (Å²) in [5, 5.41) is 2.81. The molecule has 1 atom stereocenters. The van der Waals surface area contributed by atoms with Crippen LogP contribution in [0.4, 0.5) is 15.8 Å². The van der Waals surface area contributed by atoms with E-state index in [0.717, 1.165) is 5.56 Å². The maximum Gasteiger partial charge on any atom is 0.243 e. The highest BCUT2D eigenvalue weighted by Crippen LogP contribution is 2.21. The summed E-state index contributed by atoms with van der Waals surface area (Å²) in [5.74, 6) is -0.561. The van der Waals surface area contributed by atoms with E-state index in [-0.39, 0.29) is 30.2 Å². The average Bonchev–Trinajstić information content (AvgIpc) is 2.74. The maximum absolute atomic E-state index is 14.0. The van der Waals surface area contributed by atoms with Crippen LogP contribution in [0.1, 0.15) is 12.5 Å². The number of aryl methyl sites for hydroxylation is 1. The third-order valence-electron chi connectivity index (χ3n) is 5.50. The minimum absolute atomic E-state index is 0.00770. The highest BCUT2D eigenvalue weighted by Gasteiger charge is 2.28. The van der Waals surface area contributed by atoms with Gasteiger partial charge >= 0.3 is 0 Å². The second-order valence-corrected chi connectivity index (χ2v) is 7.76. The Morgan fingerprint density at radius 1 is 1.07 bits per heavy atom. The van der Waals surface area contributed by atoms with Crippen LogP contribution < -0.4 is 10.2 Å². The number of para-hydroxylation sites is 1. The first-order chi connectivity index (χ1) is 14.3. The largest absolute Gasteiger partial charge is 0.367 e. The van der Waals surface area contributed by atoms with E-state index < -0.39 is 0 Å². The molecule has 1 N–H and O–H groups in total. The van der Waals surface area contributed by atoms with E-state index in [4.69, 9.17) is 0 Å². The summed E-state index contributed by atoms with van der Waals surface area (Å²) < 4.78 is 14.0. The van der Waals surface area contributed by atoms with Gasteiger partial charge in [0.25, 0.3) is 0 Å². The van der Waals surface area contributed by atoms with Gasteiger partial charge in [-0.2, -0.15) is 0 Å². The molecule has 160 valence electrons. The smallest absolute Gasteiger partial charge is 0.243 e. The fraction of sp³-hybridized carbons (Fsp3) is 0.391. The molecule has 0 aliphatic carbocycles. The lowest BCUT2D eigenvalue weighted by atomic mass is 10.2. The molecule has 2 aromatic carbocycles. The summed E-state index contributed by atoms with van der Waals surface area (Å²) >= 11 is 0. The van der Waals surface area contributed by atoms with E-state index in [9.17, 15) is 14.0 Å². The number of carbonyl (C=O) groups is 2. The molecule has 3 rings (SSSR count). The van der Waals surface area contributed by atoms with Gasteiger partial charge in [-0.1, -0.05) is 29.8 Å². The van der Waals surface area contributed by atoms with Gasteiger partial charge in [0.2, 0.25) is 11.8 Å². The van der Waals surface area contributed by atoms with Crippen LogP contribution in [0.3, 0.4) is 0 Å². The first-order valence-electron chi connectivity index (χ1n) is 10.2. The van der Waals surface area contributed by atoms with E-state index in [1.807, 2.05) is 49.1 Å². The third-order valence-corrected chi connectivity index (χ3v) is 5.50. The molecule has 0 bridgehead atoms. The van der Waals surface area contributed by atoms with Crippen LogP contribution in [0.5, 0.6) is 0 Å². The summed E-state index contributed by atoms with van der Waals surface area (Å²) in [7, 11) is 1.64. The van der Waals surface area contributed by atoms with Crippen molar-refractivity contribution in [2.24, 2.45) is 0 Å². The number of carbonyl (C=O) groups excluding carboxylic acids is 2. The van der Waals surface area contributed by atoms with E-state index in [1.54, 1.807) is 19.2 Å². The third kappa shape index (κ3) is 5.36. The lowest BCUT2D eigenvalue weighted by molar-refractivity contribution is -0.137. The predicted molar refractivity (Wildman–Crippen MR) is 117 cm³/mol. The molecular weight excluding hydrogens is 383 g/mol. The Morgan fingerprint density at radius 3 is 2.33 bits per heavy atom. The van der Waals surface area contributed by atoms with Crippen LogP contribution in [0, 0.1) is 12.7 Å². The summed E-state index contributed by atoms with van der Waals surface area (Å²) in [6.07, 6.45) is 0. The second kappa shape index (κ2) is 9.71. The molecule has 1 aliphatic heterocycles. The molecule has 1 saturated heterocycles. The second-order valence-electron chi connectivity index (χ2n) is 7.76. The molecule has 1 fully saturated rings. The summed E-state index contributed by atoms with van der Waals surface area (Å²) in [4.78, 5) is 30.6. The van der Waals surface area contributed by atoms with Crippen LogP contribution in [-0.2, 0) is 9.59 Å². The van der Waals surface area contributed by atoms with Crippen molar-refractivity contribution < 1.29 is 14.0 Å². The normalized spacial score (nSPS) is 15.5. The monoisotopic (exact) mass is 412 g/mol. The topological polar surface area (TPSA) is 55.9 Å². The minimum atomic E-state index is -0.343. The van der Waals surface area contributed by atoms with Gasteiger partial charge in [-0.15, -0.1) is 0 Å². The Labute approximate surface area is 177 Å². The van der Waals surface area contributed by atoms with Crippen LogP contribution in [0.2, 0.25) is 0 Å². The van der Waals surface area contributed by atoms with Crippen molar-refractivity contribution in [2.75, 3.05) is 50.0 Å². The molecule has 0 saturated carbocycles. The number of likely N-dealkylation sites (N-methyl/N-ethyl adjacent to an activating group) is 1. The van der Waals surface area contributed by atoms with Crippen LogP contribution in [0.15, 0.2) is 48.5 Å². The molecular formula is C23H29FN4O2. The molecule has 0 radical (unpaired) electrons. The zero-order valence-corrected chi connectivity index (χ0v) is 17.8. The van der Waals surface area contributed by atoms with Crippen molar-refractivity contribution in [3.05, 3.63) is 59.9 Å². The predicted octanol–water partition coefficient (Wildman–Crippen LogP) is 2.74. The standard InChI is InChI=1S/C23H29FN4O2/c1-17-8-10-19(11-9-17)25-22(29)16-26(3)23(30)18(2)27-12-14-28(15-13-27)21-7-5-4-6-20(21)24/h4-11,18H,12-16H2,1-3H3,(H,25,29)/t18-/m1/s1. The van der Waals surface area contributed by atoms with E-state index >= 15 is 0 Å². The van der Waals surface area contributed by atoms with Crippen LogP contribution in [-0.4, -0.2) is 67.4 Å². The maximum atomic E-state index is 14.0. The van der Waals surface area contributed by atoms with Crippen molar-refractivity contribution in [3.8, 4) is 0 Å². The number of piperazine rings is 1. The van der Waals surface area contributed by atoms with Crippen LogP contribution >= 0.6 is 0 Å². The van der Waals surface area contributed by atoms with Crippen molar-refractivity contribution >= 4 is 23.2 Å². The van der Waals surface area contributed by atoms with E-state index in [1.165, 1.54) is 11.0 Å². The average molecular weight is 413 g/mol. The van der Waals surface area contributed by atoms with Gasteiger partial charge in [0, 0.05) is 38.9 Å². The Morgan fingerprint density at radius 2 is 1.70 bits per heavy atom. The van der Waals surface area contributed by atoms with Gasteiger partial charge in [-0.3, -0.25) is 14.5 Å². The zero-order valence-electron chi connectivity index (χ0n) is 17.8. The highest BCUT2D eigenvalue weighted by molar-refractivity contribution is 5.95. The highest BCUT2D eigenvalue weighted by atomic mass is 19.1. The zero-order chi connectivity index (χ0) is 21.7.